The van der Waals surface area contributed by atoms with Gasteiger partial charge in [0, 0.05) is 28.9 Å². The Morgan fingerprint density at radius 3 is 2.46 bits per heavy atom. The minimum Gasteiger partial charge on any atom is -0.598 e. The topological polar surface area (TPSA) is 75.6 Å². The molecule has 0 radical (unpaired) electrons. The van der Waals surface area contributed by atoms with Gasteiger partial charge in [0.05, 0.1) is 6.04 Å². The van der Waals surface area contributed by atoms with Gasteiger partial charge >= 0.3 is 6.09 Å². The molecule has 2 aliphatic heterocycles. The molecule has 1 unspecified atom stereocenters. The maximum Gasteiger partial charge on any atom is 0.407 e. The zero-order valence-corrected chi connectivity index (χ0v) is 16.5. The quantitative estimate of drug-likeness (QED) is 0.773. The molecule has 0 aromatic heterocycles. The molecule has 1 aliphatic carbocycles. The van der Waals surface area contributed by atoms with Crippen molar-refractivity contribution in [2.24, 2.45) is 5.41 Å². The van der Waals surface area contributed by atoms with Crippen molar-refractivity contribution in [3.05, 3.63) is 35.4 Å². The van der Waals surface area contributed by atoms with Crippen molar-refractivity contribution < 1.29 is 14.5 Å². The Bertz CT molecular complexity index is 703. The Hall–Kier alpha value is -1.24. The molecule has 1 amide bonds. The first kappa shape index (κ1) is 18.1. The van der Waals surface area contributed by atoms with E-state index in [1.807, 2.05) is 26.8 Å². The van der Waals surface area contributed by atoms with E-state index in [1.165, 1.54) is 11.1 Å². The molecule has 2 saturated heterocycles. The highest BCUT2D eigenvalue weighted by atomic mass is 32.2. The largest absolute Gasteiger partial charge is 0.598 e. The molecule has 5 atom stereocenters. The number of piperidine rings is 1. The summed E-state index contributed by atoms with van der Waals surface area (Å²) in [4.78, 5) is 13.4. The third kappa shape index (κ3) is 2.83. The van der Waals surface area contributed by atoms with Crippen LogP contribution in [0.5, 0.6) is 0 Å². The number of hydrogen-bond acceptors (Lipinski definition) is 3. The van der Waals surface area contributed by atoms with Crippen LogP contribution in [-0.2, 0) is 17.8 Å². The van der Waals surface area contributed by atoms with Gasteiger partial charge in [0.25, 0.3) is 0 Å². The van der Waals surface area contributed by atoms with Gasteiger partial charge in [-0.2, -0.15) is 0 Å². The lowest BCUT2D eigenvalue weighted by Crippen LogP contribution is -2.54. The first-order valence-corrected chi connectivity index (χ1v) is 10.6. The third-order valence-electron chi connectivity index (χ3n) is 6.43. The highest BCUT2D eigenvalue weighted by molar-refractivity contribution is 7.90. The summed E-state index contributed by atoms with van der Waals surface area (Å²) >= 11 is -1.16. The number of carbonyl (C=O) groups is 1. The van der Waals surface area contributed by atoms with Crippen LogP contribution in [-0.4, -0.2) is 37.5 Å². The lowest BCUT2D eigenvalue weighted by molar-refractivity contribution is 0.0315. The summed E-state index contributed by atoms with van der Waals surface area (Å²) in [6, 6.07) is 8.64. The van der Waals surface area contributed by atoms with Gasteiger partial charge in [-0.25, -0.2) is 4.79 Å². The van der Waals surface area contributed by atoms with E-state index >= 15 is 0 Å². The number of fused-ring (bicyclic) bond motifs is 3. The monoisotopic (exact) mass is 376 g/mol. The molecule has 5 nitrogen and oxygen atoms in total. The maximum absolute atomic E-state index is 12.9. The predicted molar refractivity (Wildman–Crippen MR) is 102 cm³/mol. The fraction of sp³-hybridized carbons (Fsp3) is 0.650. The van der Waals surface area contributed by atoms with Crippen LogP contribution in [0.2, 0.25) is 0 Å². The normalized spacial score (nSPS) is 34.2. The molecule has 3 aliphatic rings. The smallest absolute Gasteiger partial charge is 0.407 e. The third-order valence-corrected chi connectivity index (χ3v) is 7.99. The number of nitrogens with zero attached hydrogens (tertiary/aromatic N) is 1. The van der Waals surface area contributed by atoms with Crippen molar-refractivity contribution in [3.8, 4) is 0 Å². The van der Waals surface area contributed by atoms with E-state index in [0.717, 1.165) is 32.1 Å². The van der Waals surface area contributed by atoms with E-state index in [1.54, 1.807) is 4.90 Å². The van der Waals surface area contributed by atoms with Gasteiger partial charge < -0.3 is 14.6 Å². The summed E-state index contributed by atoms with van der Waals surface area (Å²) < 4.78 is 16.0. The second-order valence-corrected chi connectivity index (χ2v) is 11.2. The van der Waals surface area contributed by atoms with Crippen molar-refractivity contribution >= 4 is 17.5 Å². The molecule has 2 bridgehead atoms. The van der Waals surface area contributed by atoms with Gasteiger partial charge in [0.15, 0.2) is 0 Å². The number of nitrogens with one attached hydrogen (secondary N) is 1. The molecule has 6 heteroatoms. The van der Waals surface area contributed by atoms with Crippen molar-refractivity contribution in [1.29, 1.82) is 0 Å². The zero-order chi connectivity index (χ0) is 18.7. The minimum atomic E-state index is -1.16. The zero-order valence-electron chi connectivity index (χ0n) is 15.7. The molecular formula is C20H28N2O3S. The van der Waals surface area contributed by atoms with Crippen LogP contribution in [0.1, 0.15) is 63.6 Å². The summed E-state index contributed by atoms with van der Waals surface area (Å²) in [7, 11) is 0. The summed E-state index contributed by atoms with van der Waals surface area (Å²) in [5, 5.41) is 9.60. The van der Waals surface area contributed by atoms with Crippen molar-refractivity contribution in [3.63, 3.8) is 0 Å². The molecule has 2 fully saturated rings. The molecule has 1 aromatic rings. The molecule has 4 rings (SSSR count). The van der Waals surface area contributed by atoms with E-state index in [4.69, 9.17) is 0 Å². The van der Waals surface area contributed by atoms with Crippen molar-refractivity contribution in [2.75, 3.05) is 0 Å². The lowest BCUT2D eigenvalue weighted by Gasteiger charge is -2.47. The van der Waals surface area contributed by atoms with Gasteiger partial charge in [-0.3, -0.25) is 0 Å². The molecule has 26 heavy (non-hydrogen) atoms. The van der Waals surface area contributed by atoms with Crippen LogP contribution in [0.15, 0.2) is 24.3 Å². The molecule has 2 N–H and O–H groups in total. The summed E-state index contributed by atoms with van der Waals surface area (Å²) in [5.41, 5.74) is 2.52. The molecule has 1 spiro atoms. The van der Waals surface area contributed by atoms with Crippen molar-refractivity contribution in [1.82, 2.24) is 9.62 Å². The second-order valence-electron chi connectivity index (χ2n) is 9.15. The fourth-order valence-electron chi connectivity index (χ4n) is 5.34. The second kappa shape index (κ2) is 6.14. The standard InChI is InChI=1S/C20H28N2O3S/c1-19(2,3)26(25)21-17-16-7-5-4-6-13(16)10-20(17)11-14-8-9-15(12-20)22(14)18(23)24/h4-7,14-15,17,21H,8-12H2,1-3H3,(H,23,24)/t14-,15+,17-,20+,26?/m1/s1. The van der Waals surface area contributed by atoms with Gasteiger partial charge in [0.2, 0.25) is 0 Å². The van der Waals surface area contributed by atoms with E-state index in [-0.39, 0.29) is 28.3 Å². The number of amides is 1. The first-order valence-electron chi connectivity index (χ1n) is 9.48. The number of benzene rings is 1. The van der Waals surface area contributed by atoms with Crippen molar-refractivity contribution in [2.45, 2.75) is 75.7 Å². The van der Waals surface area contributed by atoms with E-state index < -0.39 is 17.5 Å². The van der Waals surface area contributed by atoms with Crippen LogP contribution in [0.3, 0.4) is 0 Å². The Labute approximate surface area is 158 Å². The van der Waals surface area contributed by atoms with Gasteiger partial charge in [-0.15, -0.1) is 4.72 Å². The van der Waals surface area contributed by atoms with Gasteiger partial charge in [-0.05, 0) is 64.0 Å². The number of carboxylic acid groups (broad SMARTS) is 1. The van der Waals surface area contributed by atoms with Gasteiger partial charge in [-0.1, -0.05) is 24.3 Å². The van der Waals surface area contributed by atoms with Crippen LogP contribution >= 0.6 is 0 Å². The Balaban J connectivity index is 1.68. The molecule has 0 saturated carbocycles. The molecule has 1 aromatic carbocycles. The molecular weight excluding hydrogens is 348 g/mol. The molecule has 142 valence electrons. The fourth-order valence-corrected chi connectivity index (χ4v) is 6.28. The average molecular weight is 377 g/mol. The van der Waals surface area contributed by atoms with E-state index in [2.05, 4.69) is 22.9 Å². The Kier molecular flexibility index (Phi) is 4.29. The van der Waals surface area contributed by atoms with Crippen LogP contribution in [0, 0.1) is 5.41 Å². The highest BCUT2D eigenvalue weighted by Gasteiger charge is 2.57. The lowest BCUT2D eigenvalue weighted by atomic mass is 9.70. The summed E-state index contributed by atoms with van der Waals surface area (Å²) in [6.45, 7) is 5.96. The van der Waals surface area contributed by atoms with Crippen LogP contribution in [0.4, 0.5) is 4.79 Å². The Morgan fingerprint density at radius 2 is 1.88 bits per heavy atom. The predicted octanol–water partition coefficient (Wildman–Crippen LogP) is 3.63. The summed E-state index contributed by atoms with van der Waals surface area (Å²) in [5.74, 6) is 0. The summed E-state index contributed by atoms with van der Waals surface area (Å²) in [6.07, 6.45) is 3.76. The Morgan fingerprint density at radius 1 is 1.27 bits per heavy atom. The minimum absolute atomic E-state index is 0.0257. The number of hydrogen-bond donors (Lipinski definition) is 2. The van der Waals surface area contributed by atoms with Crippen LogP contribution < -0.4 is 4.72 Å². The van der Waals surface area contributed by atoms with Gasteiger partial charge in [0.1, 0.15) is 4.75 Å². The average Bonchev–Trinajstić information content (AvgIpc) is 3.00. The van der Waals surface area contributed by atoms with E-state index in [0.29, 0.717) is 0 Å². The highest BCUT2D eigenvalue weighted by Crippen LogP contribution is 2.57. The first-order chi connectivity index (χ1) is 12.2. The molecule has 2 heterocycles. The van der Waals surface area contributed by atoms with Crippen LogP contribution in [0.25, 0.3) is 0 Å². The SMILES string of the molecule is CC(C)(C)[S+]([O-])N[C@@H]1c2ccccc2C[C@@]12C[C@H]1CC[C@@H](C2)N1C(=O)O. The maximum atomic E-state index is 12.9. The number of rotatable bonds is 2. The van der Waals surface area contributed by atoms with E-state index in [9.17, 15) is 14.5 Å².